The molecule has 2 rings (SSSR count). The van der Waals surface area contributed by atoms with Crippen molar-refractivity contribution in [2.45, 2.75) is 8.50 Å². The molecule has 1 aromatic carbocycles. The van der Waals surface area contributed by atoms with Crippen molar-refractivity contribution in [1.29, 1.82) is 0 Å². The number of pyridine rings is 1. The van der Waals surface area contributed by atoms with Crippen LogP contribution in [0.2, 0.25) is 0 Å². The highest BCUT2D eigenvalue weighted by molar-refractivity contribution is 7.99. The Balaban J connectivity index is 2.22. The maximum atomic E-state index is 5.90. The fourth-order valence-corrected chi connectivity index (χ4v) is 2.11. The van der Waals surface area contributed by atoms with Gasteiger partial charge in [0.1, 0.15) is 5.75 Å². The quantitative estimate of drug-likeness (QED) is 0.563. The third-order valence-corrected chi connectivity index (χ3v) is 5.00. The van der Waals surface area contributed by atoms with Crippen molar-refractivity contribution in [3.8, 4) is 5.75 Å². The van der Waals surface area contributed by atoms with Gasteiger partial charge in [-0.1, -0.05) is 35.3 Å². The number of halogens is 4. The molecule has 0 aliphatic rings. The molecule has 0 amide bonds. The van der Waals surface area contributed by atoms with Gasteiger partial charge in [-0.2, -0.15) is 0 Å². The van der Waals surface area contributed by atoms with E-state index in [4.69, 9.17) is 50.6 Å². The summed E-state index contributed by atoms with van der Waals surface area (Å²) in [5.74, 6) is 0.602. The summed E-state index contributed by atoms with van der Waals surface area (Å²) in [4.78, 5) is 3.24. The van der Waals surface area contributed by atoms with E-state index in [1.54, 1.807) is 12.3 Å². The standard InChI is InChI=1S/C11H7Cl4NOS/c12-10(13)11(14,15)18-17-9-5-6-16-8-4-2-1-3-7(8)9/h1-6,10H. The molecule has 2 nitrogen and oxygen atoms in total. The van der Waals surface area contributed by atoms with Gasteiger partial charge in [-0.3, -0.25) is 4.98 Å². The fraction of sp³-hybridized carbons (Fsp3) is 0.182. The van der Waals surface area contributed by atoms with Gasteiger partial charge in [0.15, 0.2) is 4.84 Å². The highest BCUT2D eigenvalue weighted by Gasteiger charge is 2.35. The molecule has 0 N–H and O–H groups in total. The first kappa shape index (κ1) is 14.4. The smallest absolute Gasteiger partial charge is 0.229 e. The highest BCUT2D eigenvalue weighted by atomic mass is 35.5. The second-order valence-corrected chi connectivity index (χ2v) is 7.26. The van der Waals surface area contributed by atoms with Crippen LogP contribution in [0.1, 0.15) is 0 Å². The largest absolute Gasteiger partial charge is 0.422 e. The molecule has 2 aromatic rings. The second-order valence-electron chi connectivity index (χ2n) is 3.36. The van der Waals surface area contributed by atoms with Gasteiger partial charge in [-0.15, -0.1) is 23.2 Å². The zero-order chi connectivity index (χ0) is 13.2. The Kier molecular flexibility index (Phi) is 4.73. The van der Waals surface area contributed by atoms with Crippen LogP contribution < -0.4 is 4.18 Å². The molecule has 0 aliphatic carbocycles. The third-order valence-electron chi connectivity index (χ3n) is 2.11. The van der Waals surface area contributed by atoms with Crippen LogP contribution in [-0.2, 0) is 0 Å². The number of rotatable bonds is 4. The highest BCUT2D eigenvalue weighted by Crippen LogP contribution is 2.44. The zero-order valence-electron chi connectivity index (χ0n) is 8.82. The summed E-state index contributed by atoms with van der Waals surface area (Å²) < 4.78 is 4.05. The van der Waals surface area contributed by atoms with Crippen molar-refractivity contribution in [3.05, 3.63) is 36.5 Å². The number of para-hydroxylation sites is 1. The Morgan fingerprint density at radius 1 is 1.17 bits per heavy atom. The van der Waals surface area contributed by atoms with Crippen molar-refractivity contribution >= 4 is 69.3 Å². The maximum absolute atomic E-state index is 5.90. The molecule has 0 bridgehead atoms. The first-order valence-corrected chi connectivity index (χ1v) is 7.23. The first-order chi connectivity index (χ1) is 8.50. The number of alkyl halides is 4. The molecule has 0 saturated carbocycles. The van der Waals surface area contributed by atoms with Crippen molar-refractivity contribution < 1.29 is 4.18 Å². The lowest BCUT2D eigenvalue weighted by molar-refractivity contribution is 0.648. The number of hydrogen-bond acceptors (Lipinski definition) is 3. The molecular weight excluding hydrogens is 336 g/mol. The number of hydrogen-bond donors (Lipinski definition) is 0. The van der Waals surface area contributed by atoms with Crippen LogP contribution >= 0.6 is 58.4 Å². The number of nitrogens with zero attached hydrogens (tertiary/aromatic N) is 1. The molecular formula is C11H7Cl4NOS. The Bertz CT molecular complexity index is 544. The molecule has 0 unspecified atom stereocenters. The van der Waals surface area contributed by atoms with Crippen molar-refractivity contribution in [3.63, 3.8) is 0 Å². The van der Waals surface area contributed by atoms with Crippen LogP contribution in [0.25, 0.3) is 10.9 Å². The third kappa shape index (κ3) is 3.28. The van der Waals surface area contributed by atoms with Gasteiger partial charge in [-0.05, 0) is 12.1 Å². The summed E-state index contributed by atoms with van der Waals surface area (Å²) in [6.07, 6.45) is 1.64. The molecule has 18 heavy (non-hydrogen) atoms. The van der Waals surface area contributed by atoms with Crippen LogP contribution in [0.3, 0.4) is 0 Å². The minimum atomic E-state index is -1.44. The van der Waals surface area contributed by atoms with E-state index in [1.807, 2.05) is 24.3 Å². The summed E-state index contributed by atoms with van der Waals surface area (Å²) in [6, 6.07) is 9.28. The number of aromatic nitrogens is 1. The predicted octanol–water partition coefficient (Wildman–Crippen LogP) is 5.20. The molecule has 96 valence electrons. The molecule has 7 heteroatoms. The monoisotopic (exact) mass is 341 g/mol. The lowest BCUT2D eigenvalue weighted by atomic mass is 10.2. The Hall–Kier alpha value is -0.0600. The molecule has 0 fully saturated rings. The lowest BCUT2D eigenvalue weighted by Crippen LogP contribution is -2.18. The molecule has 0 spiro atoms. The number of fused-ring (bicyclic) bond motifs is 1. The van der Waals surface area contributed by atoms with E-state index >= 15 is 0 Å². The van der Waals surface area contributed by atoms with Crippen molar-refractivity contribution in [2.75, 3.05) is 0 Å². The Morgan fingerprint density at radius 2 is 1.89 bits per heavy atom. The molecule has 1 heterocycles. The van der Waals surface area contributed by atoms with Gasteiger partial charge in [-0.25, -0.2) is 0 Å². The van der Waals surface area contributed by atoms with E-state index in [9.17, 15) is 0 Å². The normalized spacial score (nSPS) is 12.1. The Labute approximate surface area is 129 Å². The van der Waals surface area contributed by atoms with E-state index < -0.39 is 8.50 Å². The SMILES string of the molecule is ClC(Cl)C(Cl)(Cl)SOc1ccnc2ccccc12. The minimum absolute atomic E-state index is 0.602. The van der Waals surface area contributed by atoms with E-state index in [2.05, 4.69) is 4.98 Å². The van der Waals surface area contributed by atoms with Crippen LogP contribution in [-0.4, -0.2) is 13.5 Å². The Morgan fingerprint density at radius 3 is 2.61 bits per heavy atom. The second kappa shape index (κ2) is 5.93. The zero-order valence-corrected chi connectivity index (χ0v) is 12.7. The molecule has 0 radical (unpaired) electrons. The summed E-state index contributed by atoms with van der Waals surface area (Å²) in [7, 11) is 0. The van der Waals surface area contributed by atoms with Gasteiger partial charge in [0.05, 0.1) is 17.6 Å². The summed E-state index contributed by atoms with van der Waals surface area (Å²) >= 11 is 23.9. The maximum Gasteiger partial charge on any atom is 0.229 e. The van der Waals surface area contributed by atoms with Crippen LogP contribution in [0.15, 0.2) is 36.5 Å². The average Bonchev–Trinajstić information content (AvgIpc) is 2.36. The summed E-state index contributed by atoms with van der Waals surface area (Å²) in [6.45, 7) is 0. The first-order valence-electron chi connectivity index (χ1n) is 4.86. The topological polar surface area (TPSA) is 22.1 Å². The molecule has 0 aliphatic heterocycles. The van der Waals surface area contributed by atoms with Gasteiger partial charge in [0.2, 0.25) is 3.67 Å². The van der Waals surface area contributed by atoms with Gasteiger partial charge >= 0.3 is 0 Å². The van der Waals surface area contributed by atoms with Gasteiger partial charge in [0.25, 0.3) is 0 Å². The predicted molar refractivity (Wildman–Crippen MR) is 79.9 cm³/mol. The lowest BCUT2D eigenvalue weighted by Gasteiger charge is -2.19. The van der Waals surface area contributed by atoms with E-state index in [0.717, 1.165) is 22.9 Å². The van der Waals surface area contributed by atoms with Crippen molar-refractivity contribution in [2.24, 2.45) is 0 Å². The van der Waals surface area contributed by atoms with E-state index in [-0.39, 0.29) is 0 Å². The van der Waals surface area contributed by atoms with Crippen LogP contribution in [0.5, 0.6) is 5.75 Å². The average molecular weight is 343 g/mol. The van der Waals surface area contributed by atoms with Crippen molar-refractivity contribution in [1.82, 2.24) is 4.98 Å². The van der Waals surface area contributed by atoms with Gasteiger partial charge in [0, 0.05) is 17.6 Å². The van der Waals surface area contributed by atoms with E-state index in [0.29, 0.717) is 5.75 Å². The van der Waals surface area contributed by atoms with E-state index in [1.165, 1.54) is 0 Å². The minimum Gasteiger partial charge on any atom is -0.422 e. The molecule has 0 atom stereocenters. The summed E-state index contributed by atoms with van der Waals surface area (Å²) in [5.41, 5.74) is 0.818. The van der Waals surface area contributed by atoms with Crippen LogP contribution in [0.4, 0.5) is 0 Å². The molecule has 1 aromatic heterocycles. The number of benzene rings is 1. The van der Waals surface area contributed by atoms with Gasteiger partial charge < -0.3 is 4.18 Å². The summed E-state index contributed by atoms with van der Waals surface area (Å²) in [5, 5.41) is 0.859. The molecule has 0 saturated heterocycles. The van der Waals surface area contributed by atoms with Crippen LogP contribution in [0, 0.1) is 0 Å². The fourth-order valence-electron chi connectivity index (χ4n) is 1.28.